The first-order valence-corrected chi connectivity index (χ1v) is 8.81. The van der Waals surface area contributed by atoms with E-state index < -0.39 is 0 Å². The van der Waals surface area contributed by atoms with E-state index in [0.717, 1.165) is 25.2 Å². The number of amides is 2. The summed E-state index contributed by atoms with van der Waals surface area (Å²) < 4.78 is 7.74. The smallest absolute Gasteiger partial charge is 0.317 e. The van der Waals surface area contributed by atoms with Crippen LogP contribution >= 0.6 is 0 Å². The molecule has 1 saturated heterocycles. The normalized spacial score (nSPS) is 17.5. The zero-order valence-electron chi connectivity index (χ0n) is 14.6. The van der Waals surface area contributed by atoms with E-state index in [1.165, 1.54) is 5.56 Å². The monoisotopic (exact) mass is 343 g/mol. The van der Waals surface area contributed by atoms with Gasteiger partial charge in [-0.3, -0.25) is 0 Å². The molecule has 2 heterocycles. The summed E-state index contributed by atoms with van der Waals surface area (Å²) in [6.45, 7) is 5.02. The van der Waals surface area contributed by atoms with Gasteiger partial charge < -0.3 is 19.5 Å². The summed E-state index contributed by atoms with van der Waals surface area (Å²) >= 11 is 0. The van der Waals surface area contributed by atoms with Gasteiger partial charge in [0.1, 0.15) is 6.33 Å². The summed E-state index contributed by atoms with van der Waals surface area (Å²) in [6.07, 6.45) is 3.63. The molecule has 1 aromatic carbocycles. The van der Waals surface area contributed by atoms with Gasteiger partial charge in [0.25, 0.3) is 0 Å². The molecular weight excluding hydrogens is 318 g/mol. The number of carbonyl (C=O) groups is 1. The maximum absolute atomic E-state index is 12.4. The van der Waals surface area contributed by atoms with Crippen LogP contribution in [0.2, 0.25) is 0 Å². The van der Waals surface area contributed by atoms with E-state index in [1.807, 2.05) is 34.6 Å². The molecule has 1 aliphatic rings. The Balaban J connectivity index is 1.46. The van der Waals surface area contributed by atoms with Gasteiger partial charge in [0.15, 0.2) is 5.82 Å². The van der Waals surface area contributed by atoms with Crippen LogP contribution in [0.5, 0.6) is 0 Å². The zero-order chi connectivity index (χ0) is 17.5. The Labute approximate surface area is 148 Å². The molecule has 1 N–H and O–H groups in total. The standard InChI is InChI=1S/C18H25N5O2/c1-2-22-14-20-21-17(22)12-19-18(24)23-10-11-25-16(13-23)9-8-15-6-4-3-5-7-15/h3-7,14,16H,2,8-13H2,1H3,(H,19,24)/t16-/m0/s1. The fourth-order valence-electron chi connectivity index (χ4n) is 3.00. The van der Waals surface area contributed by atoms with Gasteiger partial charge in [-0.25, -0.2) is 4.79 Å². The largest absolute Gasteiger partial charge is 0.375 e. The van der Waals surface area contributed by atoms with E-state index >= 15 is 0 Å². The summed E-state index contributed by atoms with van der Waals surface area (Å²) in [5.41, 5.74) is 1.30. The average molecular weight is 343 g/mol. The minimum Gasteiger partial charge on any atom is -0.375 e. The van der Waals surface area contributed by atoms with Crippen molar-refractivity contribution in [2.24, 2.45) is 0 Å². The van der Waals surface area contributed by atoms with Gasteiger partial charge in [0, 0.05) is 19.6 Å². The maximum Gasteiger partial charge on any atom is 0.317 e. The minimum atomic E-state index is -0.0707. The highest BCUT2D eigenvalue weighted by molar-refractivity contribution is 5.74. The number of nitrogens with one attached hydrogen (secondary N) is 1. The lowest BCUT2D eigenvalue weighted by Gasteiger charge is -2.33. The van der Waals surface area contributed by atoms with Crippen LogP contribution < -0.4 is 5.32 Å². The highest BCUT2D eigenvalue weighted by Crippen LogP contribution is 2.13. The number of aromatic nitrogens is 3. The quantitative estimate of drug-likeness (QED) is 0.869. The number of hydrogen-bond donors (Lipinski definition) is 1. The molecule has 0 bridgehead atoms. The van der Waals surface area contributed by atoms with Crippen LogP contribution in [0, 0.1) is 0 Å². The lowest BCUT2D eigenvalue weighted by molar-refractivity contribution is -0.0176. The fourth-order valence-corrected chi connectivity index (χ4v) is 3.00. The van der Waals surface area contributed by atoms with Crippen LogP contribution in [0.4, 0.5) is 4.79 Å². The van der Waals surface area contributed by atoms with Crippen LogP contribution in [0.3, 0.4) is 0 Å². The molecule has 2 amide bonds. The van der Waals surface area contributed by atoms with Crippen molar-refractivity contribution in [2.45, 2.75) is 39.0 Å². The van der Waals surface area contributed by atoms with Gasteiger partial charge in [-0.2, -0.15) is 0 Å². The van der Waals surface area contributed by atoms with Gasteiger partial charge in [-0.1, -0.05) is 30.3 Å². The van der Waals surface area contributed by atoms with Gasteiger partial charge >= 0.3 is 6.03 Å². The molecule has 134 valence electrons. The summed E-state index contributed by atoms with van der Waals surface area (Å²) in [6, 6.07) is 10.3. The highest BCUT2D eigenvalue weighted by Gasteiger charge is 2.24. The first-order chi connectivity index (χ1) is 12.3. The highest BCUT2D eigenvalue weighted by atomic mass is 16.5. The molecule has 7 heteroatoms. The zero-order valence-corrected chi connectivity index (χ0v) is 14.6. The number of rotatable bonds is 6. The van der Waals surface area contributed by atoms with E-state index in [0.29, 0.717) is 26.2 Å². The Kier molecular flexibility index (Phi) is 6.00. The van der Waals surface area contributed by atoms with Crippen molar-refractivity contribution in [1.82, 2.24) is 25.0 Å². The molecule has 0 unspecified atom stereocenters. The van der Waals surface area contributed by atoms with Crippen LogP contribution in [0.1, 0.15) is 24.7 Å². The van der Waals surface area contributed by atoms with Crippen LogP contribution in [-0.2, 0) is 24.2 Å². The lowest BCUT2D eigenvalue weighted by Crippen LogP contribution is -2.49. The number of aryl methyl sites for hydroxylation is 2. The predicted molar refractivity (Wildman–Crippen MR) is 94.0 cm³/mol. The second-order valence-corrected chi connectivity index (χ2v) is 6.15. The van der Waals surface area contributed by atoms with Crippen molar-refractivity contribution in [3.8, 4) is 0 Å². The third-order valence-electron chi connectivity index (χ3n) is 4.46. The number of nitrogens with zero attached hydrogens (tertiary/aromatic N) is 4. The average Bonchev–Trinajstić information content (AvgIpc) is 3.13. The Hall–Kier alpha value is -2.41. The number of ether oxygens (including phenoxy) is 1. The third-order valence-corrected chi connectivity index (χ3v) is 4.46. The second kappa shape index (κ2) is 8.62. The molecule has 0 radical (unpaired) electrons. The molecule has 1 atom stereocenters. The van der Waals surface area contributed by atoms with Crippen LogP contribution in [-0.4, -0.2) is 51.5 Å². The molecule has 1 aromatic heterocycles. The Bertz CT molecular complexity index is 673. The van der Waals surface area contributed by atoms with Crippen molar-refractivity contribution in [3.63, 3.8) is 0 Å². The predicted octanol–water partition coefficient (Wildman–Crippen LogP) is 1.84. The third kappa shape index (κ3) is 4.79. The van der Waals surface area contributed by atoms with Gasteiger partial charge in [-0.05, 0) is 25.3 Å². The number of hydrogen-bond acceptors (Lipinski definition) is 4. The van der Waals surface area contributed by atoms with Crippen molar-refractivity contribution < 1.29 is 9.53 Å². The summed E-state index contributed by atoms with van der Waals surface area (Å²) in [7, 11) is 0. The molecule has 2 aromatic rings. The molecule has 25 heavy (non-hydrogen) atoms. The Morgan fingerprint density at radius 2 is 2.20 bits per heavy atom. The second-order valence-electron chi connectivity index (χ2n) is 6.15. The molecule has 0 aliphatic carbocycles. The van der Waals surface area contributed by atoms with E-state index in [-0.39, 0.29) is 12.1 Å². The van der Waals surface area contributed by atoms with Crippen molar-refractivity contribution >= 4 is 6.03 Å². The van der Waals surface area contributed by atoms with E-state index in [9.17, 15) is 4.79 Å². The van der Waals surface area contributed by atoms with Gasteiger partial charge in [0.05, 0.1) is 19.3 Å². The van der Waals surface area contributed by atoms with Crippen molar-refractivity contribution in [1.29, 1.82) is 0 Å². The fraction of sp³-hybridized carbons (Fsp3) is 0.500. The number of benzene rings is 1. The molecule has 1 aliphatic heterocycles. The topological polar surface area (TPSA) is 72.3 Å². The van der Waals surface area contributed by atoms with E-state index in [4.69, 9.17) is 4.74 Å². The first-order valence-electron chi connectivity index (χ1n) is 8.81. The molecule has 3 rings (SSSR count). The van der Waals surface area contributed by atoms with Gasteiger partial charge in [-0.15, -0.1) is 10.2 Å². The summed E-state index contributed by atoms with van der Waals surface area (Å²) in [5.74, 6) is 0.768. The number of urea groups is 1. The Morgan fingerprint density at radius 1 is 1.36 bits per heavy atom. The summed E-state index contributed by atoms with van der Waals surface area (Å²) in [4.78, 5) is 14.2. The number of morpholine rings is 1. The number of carbonyl (C=O) groups excluding carboxylic acids is 1. The summed E-state index contributed by atoms with van der Waals surface area (Å²) in [5, 5.41) is 10.8. The molecule has 1 fully saturated rings. The molecule has 0 saturated carbocycles. The van der Waals surface area contributed by atoms with Crippen LogP contribution in [0.15, 0.2) is 36.7 Å². The molecular formula is C18H25N5O2. The van der Waals surface area contributed by atoms with E-state index in [1.54, 1.807) is 6.33 Å². The van der Waals surface area contributed by atoms with Gasteiger partial charge in [0.2, 0.25) is 0 Å². The van der Waals surface area contributed by atoms with Crippen molar-refractivity contribution in [2.75, 3.05) is 19.7 Å². The molecule has 7 nitrogen and oxygen atoms in total. The maximum atomic E-state index is 12.4. The SMILES string of the molecule is CCn1cnnc1CNC(=O)N1CCO[C@@H](CCc2ccccc2)C1. The minimum absolute atomic E-state index is 0.0707. The Morgan fingerprint density at radius 3 is 3.00 bits per heavy atom. The lowest BCUT2D eigenvalue weighted by atomic mass is 10.1. The first kappa shape index (κ1) is 17.4. The van der Waals surface area contributed by atoms with Crippen LogP contribution in [0.25, 0.3) is 0 Å². The van der Waals surface area contributed by atoms with E-state index in [2.05, 4.69) is 27.6 Å². The van der Waals surface area contributed by atoms with Crippen molar-refractivity contribution in [3.05, 3.63) is 48.0 Å². The molecule has 0 spiro atoms.